The van der Waals surface area contributed by atoms with Gasteiger partial charge in [0.2, 0.25) is 5.92 Å². The summed E-state index contributed by atoms with van der Waals surface area (Å²) < 4.78 is 30.9. The zero-order valence-electron chi connectivity index (χ0n) is 8.59. The van der Waals surface area contributed by atoms with Gasteiger partial charge in [-0.05, 0) is 18.2 Å². The van der Waals surface area contributed by atoms with Crippen molar-refractivity contribution in [3.05, 3.63) is 30.3 Å². The number of ether oxygens (including phenoxy) is 1. The molecule has 3 heteroatoms. The average molecular weight is 211 g/mol. The fourth-order valence-corrected chi connectivity index (χ4v) is 2.02. The molecule has 0 aromatic heterocycles. The Hall–Kier alpha value is -1.12. The van der Waals surface area contributed by atoms with E-state index < -0.39 is 5.92 Å². The first kappa shape index (κ1) is 10.4. The molecular formula is C12H13F2O. The van der Waals surface area contributed by atoms with Crippen molar-refractivity contribution in [2.24, 2.45) is 5.41 Å². The minimum absolute atomic E-state index is 0.0705. The van der Waals surface area contributed by atoms with Gasteiger partial charge in [0, 0.05) is 18.3 Å². The van der Waals surface area contributed by atoms with Crippen LogP contribution in [0.4, 0.5) is 8.78 Å². The number of benzene rings is 1. The van der Waals surface area contributed by atoms with Crippen LogP contribution in [-0.4, -0.2) is 12.5 Å². The van der Waals surface area contributed by atoms with E-state index in [9.17, 15) is 8.78 Å². The quantitative estimate of drug-likeness (QED) is 0.745. The van der Waals surface area contributed by atoms with Crippen LogP contribution >= 0.6 is 0 Å². The molecule has 1 radical (unpaired) electrons. The van der Waals surface area contributed by atoms with Crippen molar-refractivity contribution in [1.82, 2.24) is 0 Å². The molecule has 0 heterocycles. The van der Waals surface area contributed by atoms with Crippen LogP contribution in [0, 0.1) is 11.5 Å². The largest absolute Gasteiger partial charge is 0.493 e. The van der Waals surface area contributed by atoms with Gasteiger partial charge in [0.15, 0.2) is 0 Å². The first-order valence-electron chi connectivity index (χ1n) is 4.96. The molecule has 81 valence electrons. The van der Waals surface area contributed by atoms with Crippen molar-refractivity contribution in [2.75, 3.05) is 6.61 Å². The summed E-state index contributed by atoms with van der Waals surface area (Å²) in [5.41, 5.74) is -0.372. The summed E-state index contributed by atoms with van der Waals surface area (Å²) in [5.74, 6) is -1.77. The van der Waals surface area contributed by atoms with Gasteiger partial charge in [0.1, 0.15) is 5.75 Å². The van der Waals surface area contributed by atoms with Crippen LogP contribution in [0.2, 0.25) is 0 Å². The highest BCUT2D eigenvalue weighted by Gasteiger charge is 2.53. The van der Waals surface area contributed by atoms with E-state index >= 15 is 0 Å². The number of hydrogen-bond acceptors (Lipinski definition) is 1. The highest BCUT2D eigenvalue weighted by molar-refractivity contribution is 5.20. The van der Waals surface area contributed by atoms with E-state index in [2.05, 4.69) is 6.07 Å². The Morgan fingerprint density at radius 1 is 1.33 bits per heavy atom. The molecule has 1 aromatic carbocycles. The Balaban J connectivity index is 1.85. The Morgan fingerprint density at radius 3 is 2.47 bits per heavy atom. The fourth-order valence-electron chi connectivity index (χ4n) is 2.02. The Labute approximate surface area is 88.1 Å². The van der Waals surface area contributed by atoms with E-state index in [1.807, 2.05) is 6.92 Å². The monoisotopic (exact) mass is 211 g/mol. The highest BCUT2D eigenvalue weighted by Crippen LogP contribution is 2.51. The summed E-state index contributed by atoms with van der Waals surface area (Å²) in [6, 6.07) is 9.91. The Kier molecular flexibility index (Phi) is 2.41. The van der Waals surface area contributed by atoms with Gasteiger partial charge in [0.25, 0.3) is 0 Å². The molecule has 1 aliphatic carbocycles. The SMILES string of the molecule is CC1(COc2cc[c]cc2)CC(F)(F)C1. The predicted octanol–water partition coefficient (Wildman–Crippen LogP) is 3.30. The average Bonchev–Trinajstić information content (AvgIpc) is 2.13. The number of halogens is 2. The van der Waals surface area contributed by atoms with Crippen LogP contribution in [0.25, 0.3) is 0 Å². The number of rotatable bonds is 3. The summed E-state index contributed by atoms with van der Waals surface area (Å²) in [4.78, 5) is 0. The Morgan fingerprint density at radius 2 is 1.93 bits per heavy atom. The van der Waals surface area contributed by atoms with Gasteiger partial charge in [0.05, 0.1) is 6.61 Å². The molecule has 1 aliphatic rings. The summed E-state index contributed by atoms with van der Waals surface area (Å²) in [6.45, 7) is 2.19. The summed E-state index contributed by atoms with van der Waals surface area (Å²) in [7, 11) is 0. The molecule has 1 saturated carbocycles. The molecule has 0 N–H and O–H groups in total. The van der Waals surface area contributed by atoms with Crippen LogP contribution in [0.5, 0.6) is 5.75 Å². The lowest BCUT2D eigenvalue weighted by atomic mass is 9.68. The van der Waals surface area contributed by atoms with Crippen molar-refractivity contribution in [1.29, 1.82) is 0 Å². The van der Waals surface area contributed by atoms with E-state index in [1.54, 1.807) is 24.3 Å². The maximum absolute atomic E-state index is 12.7. The molecule has 0 unspecified atom stereocenters. The van der Waals surface area contributed by atoms with Gasteiger partial charge in [-0.1, -0.05) is 19.1 Å². The highest BCUT2D eigenvalue weighted by atomic mass is 19.3. The van der Waals surface area contributed by atoms with Crippen molar-refractivity contribution >= 4 is 0 Å². The van der Waals surface area contributed by atoms with E-state index in [0.717, 1.165) is 0 Å². The lowest BCUT2D eigenvalue weighted by molar-refractivity contribution is -0.164. The molecule has 0 atom stereocenters. The molecule has 1 aromatic rings. The second-order valence-corrected chi connectivity index (χ2v) is 4.54. The van der Waals surface area contributed by atoms with Crippen LogP contribution < -0.4 is 4.74 Å². The third-order valence-electron chi connectivity index (χ3n) is 2.65. The lowest BCUT2D eigenvalue weighted by Gasteiger charge is -2.44. The van der Waals surface area contributed by atoms with E-state index in [-0.39, 0.29) is 18.3 Å². The first-order chi connectivity index (χ1) is 6.99. The van der Waals surface area contributed by atoms with Crippen LogP contribution in [0.1, 0.15) is 19.8 Å². The summed E-state index contributed by atoms with van der Waals surface area (Å²) >= 11 is 0. The topological polar surface area (TPSA) is 9.23 Å². The minimum atomic E-state index is -2.48. The maximum atomic E-state index is 12.7. The normalized spacial score (nSPS) is 21.8. The third-order valence-corrected chi connectivity index (χ3v) is 2.65. The van der Waals surface area contributed by atoms with Crippen molar-refractivity contribution < 1.29 is 13.5 Å². The zero-order valence-corrected chi connectivity index (χ0v) is 8.59. The fraction of sp³-hybridized carbons (Fsp3) is 0.500. The van der Waals surface area contributed by atoms with Crippen molar-refractivity contribution in [3.63, 3.8) is 0 Å². The molecule has 0 amide bonds. The van der Waals surface area contributed by atoms with Gasteiger partial charge in [-0.2, -0.15) is 0 Å². The summed E-state index contributed by atoms with van der Waals surface area (Å²) in [5, 5.41) is 0. The second-order valence-electron chi connectivity index (χ2n) is 4.54. The summed E-state index contributed by atoms with van der Waals surface area (Å²) in [6.07, 6.45) is -0.141. The van der Waals surface area contributed by atoms with Crippen molar-refractivity contribution in [3.8, 4) is 5.75 Å². The molecule has 0 saturated heterocycles. The predicted molar refractivity (Wildman–Crippen MR) is 53.1 cm³/mol. The molecule has 1 fully saturated rings. The van der Waals surface area contributed by atoms with Gasteiger partial charge in [-0.25, -0.2) is 8.78 Å². The maximum Gasteiger partial charge on any atom is 0.249 e. The third kappa shape index (κ3) is 2.46. The van der Waals surface area contributed by atoms with E-state index in [4.69, 9.17) is 4.74 Å². The molecule has 0 aliphatic heterocycles. The number of alkyl halides is 2. The minimum Gasteiger partial charge on any atom is -0.493 e. The van der Waals surface area contributed by atoms with Crippen LogP contribution in [0.3, 0.4) is 0 Å². The zero-order chi connectivity index (χ0) is 10.9. The standard InChI is InChI=1S/C12H13F2O/c1-11(7-12(13,14)8-11)9-15-10-5-3-2-4-6-10/h3-6H,7-9H2,1H3. The number of hydrogen-bond donors (Lipinski definition) is 0. The molecule has 0 spiro atoms. The molecule has 2 rings (SSSR count). The van der Waals surface area contributed by atoms with Gasteiger partial charge >= 0.3 is 0 Å². The van der Waals surface area contributed by atoms with Crippen molar-refractivity contribution in [2.45, 2.75) is 25.7 Å². The molecular weight excluding hydrogens is 198 g/mol. The van der Waals surface area contributed by atoms with Gasteiger partial charge in [-0.15, -0.1) is 0 Å². The van der Waals surface area contributed by atoms with E-state index in [0.29, 0.717) is 12.4 Å². The smallest absolute Gasteiger partial charge is 0.249 e. The van der Waals surface area contributed by atoms with Gasteiger partial charge < -0.3 is 4.74 Å². The molecule has 15 heavy (non-hydrogen) atoms. The van der Waals surface area contributed by atoms with Gasteiger partial charge in [-0.3, -0.25) is 0 Å². The molecule has 1 nitrogen and oxygen atoms in total. The molecule has 0 bridgehead atoms. The van der Waals surface area contributed by atoms with Crippen LogP contribution in [0.15, 0.2) is 24.3 Å². The van der Waals surface area contributed by atoms with Crippen LogP contribution in [-0.2, 0) is 0 Å². The first-order valence-corrected chi connectivity index (χ1v) is 4.96. The van der Waals surface area contributed by atoms with E-state index in [1.165, 1.54) is 0 Å². The second kappa shape index (κ2) is 3.47. The lowest BCUT2D eigenvalue weighted by Crippen LogP contribution is -2.47. The Bertz CT molecular complexity index is 327.